The van der Waals surface area contributed by atoms with Gasteiger partial charge in [-0.2, -0.15) is 0 Å². The van der Waals surface area contributed by atoms with Crippen molar-refractivity contribution in [3.8, 4) is 0 Å². The second kappa shape index (κ2) is 6.03. The second-order valence-corrected chi connectivity index (χ2v) is 6.63. The predicted octanol–water partition coefficient (Wildman–Crippen LogP) is 3.53. The summed E-state index contributed by atoms with van der Waals surface area (Å²) in [7, 11) is 0. The molecule has 6 N–H and O–H groups in total. The highest BCUT2D eigenvalue weighted by Crippen LogP contribution is 2.41. The maximum absolute atomic E-state index is 11.4. The highest BCUT2D eigenvalue weighted by molar-refractivity contribution is 5.80. The van der Waals surface area contributed by atoms with Crippen molar-refractivity contribution < 1.29 is 4.79 Å². The van der Waals surface area contributed by atoms with Gasteiger partial charge in [-0.3, -0.25) is 4.79 Å². The van der Waals surface area contributed by atoms with Crippen LogP contribution in [-0.2, 0) is 4.79 Å². The van der Waals surface area contributed by atoms with Crippen molar-refractivity contribution in [2.45, 2.75) is 57.3 Å². The van der Waals surface area contributed by atoms with Crippen molar-refractivity contribution in [1.82, 2.24) is 0 Å². The summed E-state index contributed by atoms with van der Waals surface area (Å²) in [6, 6.07) is 3.96. The molecule has 0 amide bonds. The van der Waals surface area contributed by atoms with Crippen molar-refractivity contribution in [2.75, 3.05) is 17.2 Å². The maximum Gasteiger partial charge on any atom is 0.133 e. The summed E-state index contributed by atoms with van der Waals surface area (Å²) in [6.45, 7) is 0. The number of hydrogen-bond donors (Lipinski definition) is 3. The molecule has 4 nitrogen and oxygen atoms in total. The average Bonchev–Trinajstić information content (AvgIpc) is 2.53. The predicted molar refractivity (Wildman–Crippen MR) is 91.4 cm³/mol. The van der Waals surface area contributed by atoms with Crippen molar-refractivity contribution >= 4 is 22.8 Å². The quantitative estimate of drug-likeness (QED) is 0.546. The molecule has 0 bridgehead atoms. The van der Waals surface area contributed by atoms with Crippen LogP contribution in [0, 0.1) is 0 Å². The standard InChI is InChI=1S/C18H25N3O/c19-16-9-14(10-17(20)18(16)21)13-3-1-11(2-4-13)12-5-7-15(22)8-6-12/h9-10,13H,1-8,19-21H2. The summed E-state index contributed by atoms with van der Waals surface area (Å²) < 4.78 is 0. The van der Waals surface area contributed by atoms with Gasteiger partial charge in [0.25, 0.3) is 0 Å². The Bertz CT molecular complexity index is 588. The van der Waals surface area contributed by atoms with Crippen molar-refractivity contribution in [3.05, 3.63) is 28.8 Å². The molecular formula is C18H25N3O. The van der Waals surface area contributed by atoms with Gasteiger partial charge in [-0.15, -0.1) is 0 Å². The minimum absolute atomic E-state index is 0.422. The van der Waals surface area contributed by atoms with Gasteiger partial charge < -0.3 is 17.2 Å². The van der Waals surface area contributed by atoms with E-state index in [4.69, 9.17) is 17.2 Å². The molecule has 0 heterocycles. The molecule has 4 heteroatoms. The summed E-state index contributed by atoms with van der Waals surface area (Å²) in [5.41, 5.74) is 23.7. The van der Waals surface area contributed by atoms with Gasteiger partial charge in [0.2, 0.25) is 0 Å². The van der Waals surface area contributed by atoms with Gasteiger partial charge in [0, 0.05) is 12.8 Å². The van der Waals surface area contributed by atoms with Gasteiger partial charge in [-0.1, -0.05) is 11.1 Å². The first-order valence-corrected chi connectivity index (χ1v) is 8.20. The summed E-state index contributed by atoms with van der Waals surface area (Å²) in [6.07, 6.45) is 8.00. The fraction of sp³-hybridized carbons (Fsp3) is 0.500. The van der Waals surface area contributed by atoms with Crippen LogP contribution in [0.15, 0.2) is 23.3 Å². The fourth-order valence-electron chi connectivity index (χ4n) is 3.80. The van der Waals surface area contributed by atoms with Crippen LogP contribution in [0.25, 0.3) is 0 Å². The number of Topliss-reactive ketones (excluding diaryl/α,β-unsaturated/α-hetero) is 1. The van der Waals surface area contributed by atoms with Crippen LogP contribution in [0.4, 0.5) is 17.1 Å². The highest BCUT2D eigenvalue weighted by atomic mass is 16.1. The molecular weight excluding hydrogens is 274 g/mol. The number of benzene rings is 1. The third-order valence-corrected chi connectivity index (χ3v) is 5.24. The number of allylic oxidation sites excluding steroid dienone is 2. The van der Waals surface area contributed by atoms with Crippen LogP contribution in [0.2, 0.25) is 0 Å². The molecule has 2 aliphatic carbocycles. The third-order valence-electron chi connectivity index (χ3n) is 5.24. The van der Waals surface area contributed by atoms with Gasteiger partial charge in [-0.25, -0.2) is 0 Å². The zero-order chi connectivity index (χ0) is 15.7. The molecule has 2 fully saturated rings. The molecule has 118 valence electrons. The van der Waals surface area contributed by atoms with E-state index in [9.17, 15) is 4.79 Å². The number of carbonyl (C=O) groups excluding carboxylic acids is 1. The van der Waals surface area contributed by atoms with E-state index in [0.717, 1.165) is 51.4 Å². The van der Waals surface area contributed by atoms with Gasteiger partial charge in [0.1, 0.15) is 5.78 Å². The van der Waals surface area contributed by atoms with Crippen LogP contribution in [0.1, 0.15) is 62.8 Å². The molecule has 2 saturated carbocycles. The minimum Gasteiger partial charge on any atom is -0.397 e. The lowest BCUT2D eigenvalue weighted by molar-refractivity contribution is -0.119. The van der Waals surface area contributed by atoms with Crippen LogP contribution in [-0.4, -0.2) is 5.78 Å². The summed E-state index contributed by atoms with van der Waals surface area (Å²) in [5, 5.41) is 0. The lowest BCUT2D eigenvalue weighted by Crippen LogP contribution is -2.13. The number of carbonyl (C=O) groups is 1. The first kappa shape index (κ1) is 14.9. The first-order chi connectivity index (χ1) is 10.5. The highest BCUT2D eigenvalue weighted by Gasteiger charge is 2.23. The number of ketones is 1. The Kier molecular flexibility index (Phi) is 4.10. The molecule has 0 saturated heterocycles. The van der Waals surface area contributed by atoms with Crippen LogP contribution < -0.4 is 17.2 Å². The Morgan fingerprint density at radius 1 is 0.773 bits per heavy atom. The second-order valence-electron chi connectivity index (χ2n) is 6.63. The monoisotopic (exact) mass is 299 g/mol. The first-order valence-electron chi connectivity index (χ1n) is 8.20. The molecule has 0 aromatic heterocycles. The van der Waals surface area contributed by atoms with E-state index in [2.05, 4.69) is 0 Å². The molecule has 1 aromatic rings. The van der Waals surface area contributed by atoms with E-state index < -0.39 is 0 Å². The number of rotatable bonds is 1. The van der Waals surface area contributed by atoms with Gasteiger partial charge >= 0.3 is 0 Å². The minimum atomic E-state index is 0.422. The van der Waals surface area contributed by atoms with E-state index in [0.29, 0.717) is 28.8 Å². The van der Waals surface area contributed by atoms with Crippen molar-refractivity contribution in [1.29, 1.82) is 0 Å². The van der Waals surface area contributed by atoms with Crippen LogP contribution in [0.3, 0.4) is 0 Å². The summed E-state index contributed by atoms with van der Waals surface area (Å²) in [4.78, 5) is 11.4. The fourth-order valence-corrected chi connectivity index (χ4v) is 3.80. The average molecular weight is 299 g/mol. The third kappa shape index (κ3) is 2.96. The smallest absolute Gasteiger partial charge is 0.133 e. The summed E-state index contributed by atoms with van der Waals surface area (Å²) in [5.74, 6) is 0.936. The molecule has 0 spiro atoms. The molecule has 3 rings (SSSR count). The van der Waals surface area contributed by atoms with Gasteiger partial charge in [-0.05, 0) is 62.1 Å². The van der Waals surface area contributed by atoms with E-state index in [1.54, 1.807) is 11.1 Å². The zero-order valence-corrected chi connectivity index (χ0v) is 13.0. The molecule has 1 aromatic carbocycles. The van der Waals surface area contributed by atoms with E-state index in [1.165, 1.54) is 5.56 Å². The van der Waals surface area contributed by atoms with E-state index >= 15 is 0 Å². The van der Waals surface area contributed by atoms with Crippen LogP contribution in [0.5, 0.6) is 0 Å². The van der Waals surface area contributed by atoms with Crippen molar-refractivity contribution in [3.63, 3.8) is 0 Å². The van der Waals surface area contributed by atoms with E-state index in [1.807, 2.05) is 12.1 Å². The Balaban J connectivity index is 1.69. The van der Waals surface area contributed by atoms with Gasteiger partial charge in [0.05, 0.1) is 17.1 Å². The Morgan fingerprint density at radius 2 is 1.27 bits per heavy atom. The SMILES string of the molecule is Nc1cc(C2CCC(=C3CCC(=O)CC3)CC2)cc(N)c1N. The zero-order valence-electron chi connectivity index (χ0n) is 13.0. The Labute approximate surface area is 131 Å². The molecule has 0 unspecified atom stereocenters. The summed E-state index contributed by atoms with van der Waals surface area (Å²) >= 11 is 0. The lowest BCUT2D eigenvalue weighted by atomic mass is 9.77. The van der Waals surface area contributed by atoms with Gasteiger partial charge in [0.15, 0.2) is 0 Å². The number of anilines is 3. The van der Waals surface area contributed by atoms with E-state index in [-0.39, 0.29) is 0 Å². The molecule has 22 heavy (non-hydrogen) atoms. The molecule has 0 radical (unpaired) electrons. The maximum atomic E-state index is 11.4. The normalized spacial score (nSPS) is 22.9. The van der Waals surface area contributed by atoms with Crippen LogP contribution >= 0.6 is 0 Å². The molecule has 0 atom stereocenters. The lowest BCUT2D eigenvalue weighted by Gasteiger charge is -2.28. The number of hydrogen-bond acceptors (Lipinski definition) is 4. The Hall–Kier alpha value is -1.97. The topological polar surface area (TPSA) is 95.1 Å². The number of nitrogens with two attached hydrogens (primary N) is 3. The Morgan fingerprint density at radius 3 is 1.82 bits per heavy atom. The largest absolute Gasteiger partial charge is 0.397 e. The number of nitrogen functional groups attached to an aromatic ring is 3. The molecule has 2 aliphatic rings. The molecule has 0 aliphatic heterocycles. The van der Waals surface area contributed by atoms with Crippen molar-refractivity contribution in [2.24, 2.45) is 0 Å².